The molecule has 2 aliphatic heterocycles. The fraction of sp³-hybridized carbons (Fsp3) is 0.409. The summed E-state index contributed by atoms with van der Waals surface area (Å²) in [6.07, 6.45) is 3.11. The van der Waals surface area contributed by atoms with E-state index in [1.54, 1.807) is 0 Å². The Hall–Kier alpha value is -2.24. The number of fused-ring (bicyclic) bond motifs is 1. The van der Waals surface area contributed by atoms with Crippen molar-refractivity contribution in [2.45, 2.75) is 31.8 Å². The first-order chi connectivity index (χ1) is 13.7. The van der Waals surface area contributed by atoms with Crippen molar-refractivity contribution >= 4 is 17.5 Å². The van der Waals surface area contributed by atoms with Crippen molar-refractivity contribution in [3.05, 3.63) is 58.6 Å². The fourth-order valence-electron chi connectivity index (χ4n) is 3.99. The molecule has 5 nitrogen and oxygen atoms in total. The second-order valence-electron chi connectivity index (χ2n) is 7.44. The topological polar surface area (TPSA) is 52.0 Å². The highest BCUT2D eigenvalue weighted by Crippen LogP contribution is 2.33. The van der Waals surface area contributed by atoms with Gasteiger partial charge in [0.05, 0.1) is 19.8 Å². The number of halogens is 1. The van der Waals surface area contributed by atoms with E-state index < -0.39 is 0 Å². The van der Waals surface area contributed by atoms with E-state index in [4.69, 9.17) is 21.1 Å². The second-order valence-corrected chi connectivity index (χ2v) is 7.88. The zero-order valence-electron chi connectivity index (χ0n) is 15.9. The first kappa shape index (κ1) is 19.1. The van der Waals surface area contributed by atoms with E-state index in [9.17, 15) is 4.79 Å². The van der Waals surface area contributed by atoms with Gasteiger partial charge in [0.15, 0.2) is 18.0 Å². The van der Waals surface area contributed by atoms with Crippen LogP contribution in [0.5, 0.6) is 11.5 Å². The van der Waals surface area contributed by atoms with E-state index in [-0.39, 0.29) is 5.91 Å². The number of likely N-dealkylation sites (tertiary alicyclic amines) is 1. The molecule has 0 saturated carbocycles. The summed E-state index contributed by atoms with van der Waals surface area (Å²) in [4.78, 5) is 13.8. The van der Waals surface area contributed by atoms with Crippen molar-refractivity contribution in [3.8, 4) is 11.5 Å². The molecule has 0 spiro atoms. The van der Waals surface area contributed by atoms with Crippen molar-refractivity contribution in [1.82, 2.24) is 5.32 Å². The first-order valence-corrected chi connectivity index (χ1v) is 10.3. The minimum Gasteiger partial charge on any atom is -0.490 e. The molecule has 0 bridgehead atoms. The smallest absolute Gasteiger partial charge is 0.275 e. The third-order valence-electron chi connectivity index (χ3n) is 5.45. The van der Waals surface area contributed by atoms with Gasteiger partial charge in [0.1, 0.15) is 6.04 Å². The number of hydrogen-bond donors (Lipinski definition) is 2. The van der Waals surface area contributed by atoms with Gasteiger partial charge in [0.2, 0.25) is 0 Å². The number of ether oxygens (including phenoxy) is 2. The Morgan fingerprint density at radius 1 is 1.07 bits per heavy atom. The van der Waals surface area contributed by atoms with Crippen LogP contribution in [0, 0.1) is 0 Å². The average molecular weight is 402 g/mol. The molecular weight excluding hydrogens is 376 g/mol. The zero-order chi connectivity index (χ0) is 19.3. The molecule has 1 amide bonds. The number of carbonyl (C=O) groups excluding carboxylic acids is 1. The molecule has 2 atom stereocenters. The van der Waals surface area contributed by atoms with Crippen molar-refractivity contribution in [2.24, 2.45) is 0 Å². The zero-order valence-corrected chi connectivity index (χ0v) is 16.6. The molecule has 1 unspecified atom stereocenters. The number of rotatable bonds is 5. The molecule has 2 aromatic rings. The lowest BCUT2D eigenvalue weighted by Crippen LogP contribution is -3.11. The summed E-state index contributed by atoms with van der Waals surface area (Å²) < 4.78 is 11.6. The van der Waals surface area contributed by atoms with Gasteiger partial charge in [0, 0.05) is 36.4 Å². The summed E-state index contributed by atoms with van der Waals surface area (Å²) in [7, 11) is 0. The van der Waals surface area contributed by atoms with E-state index >= 15 is 0 Å². The number of hydrogen-bond acceptors (Lipinski definition) is 3. The number of quaternary nitrogens is 1. The summed E-state index contributed by atoms with van der Waals surface area (Å²) in [5.74, 6) is 1.72. The molecule has 0 aliphatic carbocycles. The van der Waals surface area contributed by atoms with Gasteiger partial charge in [0.25, 0.3) is 5.91 Å². The van der Waals surface area contributed by atoms with Gasteiger partial charge in [-0.15, -0.1) is 0 Å². The Kier molecular flexibility index (Phi) is 6.03. The van der Waals surface area contributed by atoms with Crippen LogP contribution in [0.15, 0.2) is 42.5 Å². The summed E-state index contributed by atoms with van der Waals surface area (Å²) in [5, 5.41) is 3.73. The fourth-order valence-corrected chi connectivity index (χ4v) is 4.12. The highest BCUT2D eigenvalue weighted by Gasteiger charge is 2.32. The average Bonchev–Trinajstić information content (AvgIpc) is 3.03. The molecule has 28 heavy (non-hydrogen) atoms. The lowest BCUT2D eigenvalue weighted by Gasteiger charge is -2.22. The highest BCUT2D eigenvalue weighted by molar-refractivity contribution is 6.30. The molecule has 2 aliphatic rings. The van der Waals surface area contributed by atoms with Crippen LogP contribution >= 0.6 is 11.6 Å². The molecule has 6 heteroatoms. The normalized spacial score (nSPS) is 21.2. The van der Waals surface area contributed by atoms with Crippen LogP contribution in [-0.4, -0.2) is 32.2 Å². The third-order valence-corrected chi connectivity index (χ3v) is 5.70. The second kappa shape index (κ2) is 8.84. The first-order valence-electron chi connectivity index (χ1n) is 9.94. The van der Waals surface area contributed by atoms with Crippen LogP contribution in [0.1, 0.15) is 36.4 Å². The van der Waals surface area contributed by atoms with Crippen molar-refractivity contribution in [1.29, 1.82) is 0 Å². The monoisotopic (exact) mass is 401 g/mol. The molecule has 0 aromatic heterocycles. The lowest BCUT2D eigenvalue weighted by molar-refractivity contribution is -0.910. The minimum absolute atomic E-state index is 0.0752. The summed E-state index contributed by atoms with van der Waals surface area (Å²) in [6, 6.07) is 14.1. The van der Waals surface area contributed by atoms with Gasteiger partial charge in [-0.05, 0) is 35.9 Å². The molecule has 4 rings (SSSR count). The summed E-state index contributed by atoms with van der Waals surface area (Å²) >= 11 is 5.91. The minimum atomic E-state index is 0.0752. The number of amides is 1. The van der Waals surface area contributed by atoms with Crippen LogP contribution in [-0.2, 0) is 11.3 Å². The van der Waals surface area contributed by atoms with E-state index in [1.807, 2.05) is 30.3 Å². The van der Waals surface area contributed by atoms with Crippen molar-refractivity contribution < 1.29 is 19.2 Å². The number of benzene rings is 2. The van der Waals surface area contributed by atoms with E-state index in [2.05, 4.69) is 17.4 Å². The molecule has 2 aromatic carbocycles. The third kappa shape index (κ3) is 4.59. The van der Waals surface area contributed by atoms with Gasteiger partial charge < -0.3 is 19.7 Å². The largest absolute Gasteiger partial charge is 0.490 e. The lowest BCUT2D eigenvalue weighted by atomic mass is 10.0. The predicted molar refractivity (Wildman–Crippen MR) is 108 cm³/mol. The molecule has 2 heterocycles. The Bertz CT molecular complexity index is 825. The Morgan fingerprint density at radius 3 is 2.68 bits per heavy atom. The van der Waals surface area contributed by atoms with Crippen LogP contribution in [0.2, 0.25) is 5.02 Å². The van der Waals surface area contributed by atoms with Crippen LogP contribution in [0.25, 0.3) is 0 Å². The van der Waals surface area contributed by atoms with Crippen LogP contribution in [0.3, 0.4) is 0 Å². The maximum Gasteiger partial charge on any atom is 0.275 e. The highest BCUT2D eigenvalue weighted by atomic mass is 35.5. The maximum atomic E-state index is 12.5. The van der Waals surface area contributed by atoms with Crippen molar-refractivity contribution in [2.75, 3.05) is 26.3 Å². The standard InChI is InChI=1S/C22H25ClN2O3/c23-18-7-4-16(5-8-18)14-24-22(26)15-25-10-1-3-19(25)17-6-9-20-21(13-17)28-12-2-11-27-20/h4-9,13,19H,1-3,10-12,14-15H2,(H,24,26)/p+1/t19-/m0/s1. The molecule has 1 saturated heterocycles. The van der Waals surface area contributed by atoms with Crippen molar-refractivity contribution in [3.63, 3.8) is 0 Å². The number of carbonyl (C=O) groups is 1. The van der Waals surface area contributed by atoms with Gasteiger partial charge in [-0.25, -0.2) is 0 Å². The molecule has 0 radical (unpaired) electrons. The molecular formula is C22H26ClN2O3+. The van der Waals surface area contributed by atoms with Crippen LogP contribution in [0.4, 0.5) is 0 Å². The molecule has 148 valence electrons. The predicted octanol–water partition coefficient (Wildman–Crippen LogP) is 2.54. The van der Waals surface area contributed by atoms with E-state index in [0.717, 1.165) is 42.9 Å². The van der Waals surface area contributed by atoms with Crippen LogP contribution < -0.4 is 19.7 Å². The Labute approximate surface area is 170 Å². The summed E-state index contributed by atoms with van der Waals surface area (Å²) in [5.41, 5.74) is 2.27. The quantitative estimate of drug-likeness (QED) is 0.809. The van der Waals surface area contributed by atoms with Gasteiger partial charge in [-0.2, -0.15) is 0 Å². The van der Waals surface area contributed by atoms with Gasteiger partial charge in [-0.1, -0.05) is 23.7 Å². The van der Waals surface area contributed by atoms with Gasteiger partial charge in [-0.3, -0.25) is 4.79 Å². The Balaban J connectivity index is 1.37. The maximum absolute atomic E-state index is 12.5. The molecule has 1 fully saturated rings. The Morgan fingerprint density at radius 2 is 1.86 bits per heavy atom. The SMILES string of the molecule is O=C(C[NH+]1CCC[C@H]1c1ccc2c(c1)OCCCO2)NCc1ccc(Cl)cc1. The van der Waals surface area contributed by atoms with Gasteiger partial charge >= 0.3 is 0 Å². The molecule has 2 N–H and O–H groups in total. The van der Waals surface area contributed by atoms with E-state index in [1.165, 1.54) is 10.5 Å². The number of nitrogens with one attached hydrogen (secondary N) is 2. The van der Waals surface area contributed by atoms with E-state index in [0.29, 0.717) is 37.4 Å². The summed E-state index contributed by atoms with van der Waals surface area (Å²) in [6.45, 7) is 3.39.